The number of guanidine groups is 1. The Morgan fingerprint density at radius 1 is 1.29 bits per heavy atom. The van der Waals surface area contributed by atoms with Gasteiger partial charge >= 0.3 is 0 Å². The summed E-state index contributed by atoms with van der Waals surface area (Å²) < 4.78 is 5.26. The lowest BCUT2D eigenvalue weighted by molar-refractivity contribution is -0.121. The topological polar surface area (TPSA) is 74.8 Å². The van der Waals surface area contributed by atoms with Gasteiger partial charge in [0.25, 0.3) is 0 Å². The number of ether oxygens (including phenoxy) is 1. The van der Waals surface area contributed by atoms with Crippen LogP contribution in [0.15, 0.2) is 4.99 Å². The maximum absolute atomic E-state index is 11.5. The second-order valence-electron chi connectivity index (χ2n) is 4.83. The molecule has 1 aliphatic rings. The Morgan fingerprint density at radius 3 is 2.67 bits per heavy atom. The molecular weight excluding hydrogens is 383 g/mol. The highest BCUT2D eigenvalue weighted by Crippen LogP contribution is 2.18. The number of nitrogens with one attached hydrogen (secondary N) is 3. The van der Waals surface area contributed by atoms with Gasteiger partial charge in [-0.3, -0.25) is 9.79 Å². The molecule has 0 aromatic heterocycles. The maximum Gasteiger partial charge on any atom is 0.220 e. The van der Waals surface area contributed by atoms with E-state index in [4.69, 9.17) is 4.74 Å². The van der Waals surface area contributed by atoms with Crippen molar-refractivity contribution in [2.24, 2.45) is 4.99 Å². The van der Waals surface area contributed by atoms with Crippen LogP contribution < -0.4 is 16.0 Å². The zero-order valence-electron chi connectivity index (χ0n) is 13.1. The molecule has 0 bridgehead atoms. The van der Waals surface area contributed by atoms with E-state index >= 15 is 0 Å². The van der Waals surface area contributed by atoms with Crippen LogP contribution in [-0.2, 0) is 9.53 Å². The van der Waals surface area contributed by atoms with Crippen LogP contribution >= 0.6 is 24.0 Å². The van der Waals surface area contributed by atoms with E-state index < -0.39 is 0 Å². The van der Waals surface area contributed by atoms with Gasteiger partial charge in [0.05, 0.1) is 6.61 Å². The van der Waals surface area contributed by atoms with E-state index in [0.717, 1.165) is 44.9 Å². The Morgan fingerprint density at radius 2 is 2.05 bits per heavy atom. The molecule has 0 spiro atoms. The Hall–Kier alpha value is -0.570. The monoisotopic (exact) mass is 412 g/mol. The lowest BCUT2D eigenvalue weighted by atomic mass is 10.3. The van der Waals surface area contributed by atoms with Gasteiger partial charge < -0.3 is 20.7 Å². The molecule has 7 heteroatoms. The number of aliphatic imine (C=N–C) groups is 1. The number of nitrogens with zero attached hydrogens (tertiary/aromatic N) is 1. The summed E-state index contributed by atoms with van der Waals surface area (Å²) in [4.78, 5) is 15.9. The van der Waals surface area contributed by atoms with E-state index in [1.807, 2.05) is 13.8 Å². The highest BCUT2D eigenvalue weighted by Gasteiger charge is 2.22. The Balaban J connectivity index is 0.00000400. The maximum atomic E-state index is 11.5. The number of hydrogen-bond acceptors (Lipinski definition) is 3. The highest BCUT2D eigenvalue weighted by molar-refractivity contribution is 14.0. The van der Waals surface area contributed by atoms with E-state index in [2.05, 4.69) is 20.9 Å². The number of carbonyl (C=O) groups excluding carboxylic acids is 1. The normalized spacial score (nSPS) is 14.3. The minimum atomic E-state index is 0. The first-order chi connectivity index (χ1) is 9.76. The second kappa shape index (κ2) is 13.1. The molecule has 1 rings (SSSR count). The fraction of sp³-hybridized carbons (Fsp3) is 0.857. The van der Waals surface area contributed by atoms with Gasteiger partial charge in [-0.15, -0.1) is 24.0 Å². The van der Waals surface area contributed by atoms with E-state index in [1.54, 1.807) is 0 Å². The smallest absolute Gasteiger partial charge is 0.220 e. The van der Waals surface area contributed by atoms with Gasteiger partial charge in [-0.05, 0) is 33.1 Å². The third-order valence-electron chi connectivity index (χ3n) is 2.86. The van der Waals surface area contributed by atoms with Gasteiger partial charge in [0.1, 0.15) is 0 Å². The Kier molecular flexibility index (Phi) is 12.8. The molecule has 1 aliphatic carbocycles. The van der Waals surface area contributed by atoms with Crippen LogP contribution in [0.25, 0.3) is 0 Å². The molecule has 0 saturated heterocycles. The van der Waals surface area contributed by atoms with Crippen LogP contribution in [0.2, 0.25) is 0 Å². The van der Waals surface area contributed by atoms with Gasteiger partial charge in [-0.1, -0.05) is 0 Å². The van der Waals surface area contributed by atoms with Crippen LogP contribution in [0.5, 0.6) is 0 Å². The van der Waals surface area contributed by atoms with Crippen molar-refractivity contribution in [1.82, 2.24) is 16.0 Å². The van der Waals surface area contributed by atoms with E-state index in [9.17, 15) is 4.79 Å². The molecule has 3 N–H and O–H groups in total. The number of halogens is 1. The zero-order chi connectivity index (χ0) is 14.6. The number of hydrogen-bond donors (Lipinski definition) is 3. The lowest BCUT2D eigenvalue weighted by Gasteiger charge is -2.11. The summed E-state index contributed by atoms with van der Waals surface area (Å²) in [5.41, 5.74) is 0. The van der Waals surface area contributed by atoms with Crippen LogP contribution in [-0.4, -0.2) is 50.8 Å². The molecule has 0 atom stereocenters. The first-order valence-electron chi connectivity index (χ1n) is 7.65. The van der Waals surface area contributed by atoms with Gasteiger partial charge in [-0.2, -0.15) is 0 Å². The van der Waals surface area contributed by atoms with Gasteiger partial charge in [0.2, 0.25) is 5.91 Å². The molecule has 0 aromatic carbocycles. The Labute approximate surface area is 144 Å². The molecule has 0 radical (unpaired) electrons. The summed E-state index contributed by atoms with van der Waals surface area (Å²) in [7, 11) is 0. The molecule has 1 amide bonds. The summed E-state index contributed by atoms with van der Waals surface area (Å²) in [6.45, 7) is 7.62. The van der Waals surface area contributed by atoms with Crippen LogP contribution in [0, 0.1) is 0 Å². The first-order valence-corrected chi connectivity index (χ1v) is 7.65. The van der Waals surface area contributed by atoms with Crippen molar-refractivity contribution < 1.29 is 9.53 Å². The SMILES string of the molecule is CCNC(=NCCCC(=O)NC1CC1)NCCOCC.I. The molecule has 0 unspecified atom stereocenters. The summed E-state index contributed by atoms with van der Waals surface area (Å²) in [6, 6.07) is 0.448. The van der Waals surface area contributed by atoms with Gasteiger partial charge in [-0.25, -0.2) is 0 Å². The molecule has 0 aromatic rings. The third kappa shape index (κ3) is 11.7. The predicted octanol–water partition coefficient (Wildman–Crippen LogP) is 1.25. The van der Waals surface area contributed by atoms with Crippen molar-refractivity contribution in [2.75, 3.05) is 32.8 Å². The molecule has 0 aliphatic heterocycles. The van der Waals surface area contributed by atoms with E-state index in [-0.39, 0.29) is 29.9 Å². The first kappa shape index (κ1) is 20.4. The largest absolute Gasteiger partial charge is 0.380 e. The second-order valence-corrected chi connectivity index (χ2v) is 4.83. The standard InChI is InChI=1S/C14H28N4O2.HI/c1-3-15-14(17-10-11-20-4-2)16-9-5-6-13(19)18-12-7-8-12;/h12H,3-11H2,1-2H3,(H,18,19)(H2,15,16,17);1H. The van der Waals surface area contributed by atoms with E-state index in [0.29, 0.717) is 25.6 Å². The van der Waals surface area contributed by atoms with Crippen molar-refractivity contribution in [1.29, 1.82) is 0 Å². The van der Waals surface area contributed by atoms with E-state index in [1.165, 1.54) is 0 Å². The minimum absolute atomic E-state index is 0. The third-order valence-corrected chi connectivity index (χ3v) is 2.86. The van der Waals surface area contributed by atoms with Crippen molar-refractivity contribution >= 4 is 35.8 Å². The molecule has 124 valence electrons. The average Bonchev–Trinajstić information content (AvgIpc) is 3.23. The molecule has 1 fully saturated rings. The molecule has 6 nitrogen and oxygen atoms in total. The predicted molar refractivity (Wildman–Crippen MR) is 96.3 cm³/mol. The van der Waals surface area contributed by atoms with Crippen LogP contribution in [0.1, 0.15) is 39.5 Å². The summed E-state index contributed by atoms with van der Waals surface area (Å²) in [5.74, 6) is 0.937. The minimum Gasteiger partial charge on any atom is -0.380 e. The van der Waals surface area contributed by atoms with Crippen molar-refractivity contribution in [3.8, 4) is 0 Å². The highest BCUT2D eigenvalue weighted by atomic mass is 127. The van der Waals surface area contributed by atoms with Crippen LogP contribution in [0.3, 0.4) is 0 Å². The molecule has 21 heavy (non-hydrogen) atoms. The molecule has 1 saturated carbocycles. The summed E-state index contributed by atoms with van der Waals surface area (Å²) in [6.07, 6.45) is 3.61. The molecular formula is C14H29IN4O2. The van der Waals surface area contributed by atoms with Gasteiger partial charge in [0, 0.05) is 38.7 Å². The zero-order valence-corrected chi connectivity index (χ0v) is 15.4. The summed E-state index contributed by atoms with van der Waals surface area (Å²) >= 11 is 0. The van der Waals surface area contributed by atoms with Crippen molar-refractivity contribution in [3.63, 3.8) is 0 Å². The fourth-order valence-electron chi connectivity index (χ4n) is 1.69. The van der Waals surface area contributed by atoms with Gasteiger partial charge in [0.15, 0.2) is 5.96 Å². The lowest BCUT2D eigenvalue weighted by Crippen LogP contribution is -2.39. The molecule has 0 heterocycles. The Bertz CT molecular complexity index is 309. The number of carbonyl (C=O) groups is 1. The van der Waals surface area contributed by atoms with Crippen LogP contribution in [0.4, 0.5) is 0 Å². The number of amides is 1. The number of rotatable bonds is 10. The van der Waals surface area contributed by atoms with Crippen molar-refractivity contribution in [3.05, 3.63) is 0 Å². The van der Waals surface area contributed by atoms with Crippen molar-refractivity contribution in [2.45, 2.75) is 45.6 Å². The average molecular weight is 412 g/mol. The fourth-order valence-corrected chi connectivity index (χ4v) is 1.69. The quantitative estimate of drug-likeness (QED) is 0.219. The summed E-state index contributed by atoms with van der Waals surface area (Å²) in [5, 5.41) is 9.35.